The van der Waals surface area contributed by atoms with Crippen LogP contribution >= 0.6 is 11.3 Å². The van der Waals surface area contributed by atoms with Crippen LogP contribution in [0, 0.1) is 0 Å². The van der Waals surface area contributed by atoms with Crippen LogP contribution in [0.4, 0.5) is 0 Å². The number of fused-ring (bicyclic) bond motifs is 6. The molecule has 4 aromatic heterocycles. The topological polar surface area (TPSA) is 51.8 Å². The van der Waals surface area contributed by atoms with Gasteiger partial charge < -0.3 is 4.42 Å². The number of benzene rings is 7. The molecule has 0 aliphatic carbocycles. The monoisotopic (exact) mass is 655 g/mol. The summed E-state index contributed by atoms with van der Waals surface area (Å²) in [6.07, 6.45) is 0. The van der Waals surface area contributed by atoms with Crippen LogP contribution in [-0.2, 0) is 0 Å². The van der Waals surface area contributed by atoms with Crippen molar-refractivity contribution < 1.29 is 4.42 Å². The highest BCUT2D eigenvalue weighted by Gasteiger charge is 2.22. The lowest BCUT2D eigenvalue weighted by Crippen LogP contribution is -1.96. The van der Waals surface area contributed by atoms with Gasteiger partial charge in [0.25, 0.3) is 0 Å². The van der Waals surface area contributed by atoms with E-state index in [1.165, 1.54) is 41.7 Å². The summed E-state index contributed by atoms with van der Waals surface area (Å²) in [6, 6.07) is 52.9. The second kappa shape index (κ2) is 10.5. The maximum atomic E-state index is 6.58. The quantitative estimate of drug-likeness (QED) is 0.177. The highest BCUT2D eigenvalue weighted by molar-refractivity contribution is 7.26. The minimum absolute atomic E-state index is 0.632. The van der Waals surface area contributed by atoms with Crippen LogP contribution in [0.3, 0.4) is 0 Å². The Bertz CT molecular complexity index is 3090. The van der Waals surface area contributed by atoms with Gasteiger partial charge in [-0.25, -0.2) is 15.0 Å². The third-order valence-corrected chi connectivity index (χ3v) is 11.1. The van der Waals surface area contributed by atoms with E-state index >= 15 is 0 Å². The molecule has 5 heteroatoms. The Morgan fingerprint density at radius 1 is 0.460 bits per heavy atom. The van der Waals surface area contributed by atoms with Crippen LogP contribution in [0.5, 0.6) is 0 Å². The smallest absolute Gasteiger partial charge is 0.181 e. The molecule has 0 N–H and O–H groups in total. The number of rotatable bonds is 4. The van der Waals surface area contributed by atoms with Gasteiger partial charge in [-0.1, -0.05) is 121 Å². The number of furan rings is 1. The fourth-order valence-corrected chi connectivity index (χ4v) is 8.86. The van der Waals surface area contributed by atoms with Crippen LogP contribution < -0.4 is 0 Å². The molecule has 0 amide bonds. The van der Waals surface area contributed by atoms with Gasteiger partial charge in [-0.15, -0.1) is 11.3 Å². The lowest BCUT2D eigenvalue weighted by atomic mass is 9.93. The molecule has 0 unspecified atom stereocenters. The molecule has 0 radical (unpaired) electrons. The van der Waals surface area contributed by atoms with E-state index in [-0.39, 0.29) is 0 Å². The van der Waals surface area contributed by atoms with E-state index in [1.807, 2.05) is 59.9 Å². The van der Waals surface area contributed by atoms with Gasteiger partial charge in [-0.2, -0.15) is 0 Å². The Morgan fingerprint density at radius 3 is 1.98 bits per heavy atom. The van der Waals surface area contributed by atoms with Crippen molar-refractivity contribution in [1.29, 1.82) is 0 Å². The lowest BCUT2D eigenvalue weighted by Gasteiger charge is -2.11. The number of thiophene rings is 1. The van der Waals surface area contributed by atoms with Crippen molar-refractivity contribution in [1.82, 2.24) is 15.0 Å². The number of hydrogen-bond acceptors (Lipinski definition) is 5. The fraction of sp³-hybridized carbons (Fsp3) is 0. The average Bonchev–Trinajstić information content (AvgIpc) is 3.77. The van der Waals surface area contributed by atoms with E-state index in [0.717, 1.165) is 50.1 Å². The summed E-state index contributed by atoms with van der Waals surface area (Å²) in [7, 11) is 0. The molecule has 0 saturated heterocycles. The van der Waals surface area contributed by atoms with Gasteiger partial charge in [0.05, 0.1) is 11.4 Å². The Hall–Kier alpha value is -6.43. The zero-order valence-electron chi connectivity index (χ0n) is 26.6. The summed E-state index contributed by atoms with van der Waals surface area (Å²) < 4.78 is 9.12. The Kier molecular flexibility index (Phi) is 5.80. The van der Waals surface area contributed by atoms with Crippen LogP contribution in [0.25, 0.3) is 109 Å². The molecule has 4 heterocycles. The second-order valence-corrected chi connectivity index (χ2v) is 13.8. The molecule has 0 spiro atoms. The van der Waals surface area contributed by atoms with Crippen LogP contribution in [0.15, 0.2) is 156 Å². The molecule has 0 aliphatic rings. The summed E-state index contributed by atoms with van der Waals surface area (Å²) in [4.78, 5) is 15.6. The minimum Gasteiger partial charge on any atom is -0.452 e. The number of nitrogens with zero attached hydrogens (tertiary/aromatic N) is 3. The fourth-order valence-electron chi connectivity index (χ4n) is 7.58. The summed E-state index contributed by atoms with van der Waals surface area (Å²) in [5.41, 5.74) is 8.80. The molecule has 0 saturated carbocycles. The largest absolute Gasteiger partial charge is 0.452 e. The van der Waals surface area contributed by atoms with Crippen molar-refractivity contribution in [2.45, 2.75) is 0 Å². The summed E-state index contributed by atoms with van der Waals surface area (Å²) in [5.74, 6) is 0.637. The second-order valence-electron chi connectivity index (χ2n) is 12.7. The van der Waals surface area contributed by atoms with Crippen molar-refractivity contribution in [2.75, 3.05) is 0 Å². The molecule has 0 fully saturated rings. The van der Waals surface area contributed by atoms with E-state index in [4.69, 9.17) is 19.4 Å². The van der Waals surface area contributed by atoms with Crippen molar-refractivity contribution in [3.63, 3.8) is 0 Å². The summed E-state index contributed by atoms with van der Waals surface area (Å²) >= 11 is 1.84. The van der Waals surface area contributed by atoms with E-state index in [9.17, 15) is 0 Å². The van der Waals surface area contributed by atoms with Crippen molar-refractivity contribution >= 4 is 75.1 Å². The number of hydrogen-bond donors (Lipinski definition) is 0. The molecular formula is C45H25N3OS. The first kappa shape index (κ1) is 27.5. The molecule has 0 bridgehead atoms. The van der Waals surface area contributed by atoms with E-state index in [0.29, 0.717) is 17.1 Å². The van der Waals surface area contributed by atoms with Crippen molar-refractivity contribution in [3.05, 3.63) is 152 Å². The number of pyridine rings is 1. The zero-order valence-corrected chi connectivity index (χ0v) is 27.4. The molecule has 7 aromatic carbocycles. The van der Waals surface area contributed by atoms with Gasteiger partial charge in [0.15, 0.2) is 11.4 Å². The van der Waals surface area contributed by atoms with Crippen LogP contribution in [0.2, 0.25) is 0 Å². The third-order valence-electron chi connectivity index (χ3n) is 9.87. The van der Waals surface area contributed by atoms with Gasteiger partial charge in [0.1, 0.15) is 16.8 Å². The van der Waals surface area contributed by atoms with Gasteiger partial charge in [0, 0.05) is 36.7 Å². The third kappa shape index (κ3) is 4.01. The van der Waals surface area contributed by atoms with Gasteiger partial charge in [0.2, 0.25) is 0 Å². The first-order valence-corrected chi connectivity index (χ1v) is 17.5. The number of aromatic nitrogens is 3. The molecule has 50 heavy (non-hydrogen) atoms. The predicted molar refractivity (Wildman–Crippen MR) is 208 cm³/mol. The molecular weight excluding hydrogens is 631 g/mol. The SMILES string of the molecule is c1ccc(-c2ccc3oc4c(-c5cccc(-c6ccc7c8ccccc8c8cccc9sc6c7c98)n5)nc(-c5ccccc5)nc4c3c2)cc1. The van der Waals surface area contributed by atoms with E-state index in [1.54, 1.807) is 0 Å². The molecule has 4 nitrogen and oxygen atoms in total. The highest BCUT2D eigenvalue weighted by atomic mass is 32.1. The average molecular weight is 656 g/mol. The van der Waals surface area contributed by atoms with Crippen LogP contribution in [-0.4, -0.2) is 15.0 Å². The molecule has 11 aromatic rings. The molecule has 11 rings (SSSR count). The highest BCUT2D eigenvalue weighted by Crippen LogP contribution is 2.48. The lowest BCUT2D eigenvalue weighted by molar-refractivity contribution is 0.667. The van der Waals surface area contributed by atoms with Gasteiger partial charge in [-0.05, 0) is 63.0 Å². The zero-order chi connectivity index (χ0) is 32.8. The van der Waals surface area contributed by atoms with Crippen molar-refractivity contribution in [2.24, 2.45) is 0 Å². The predicted octanol–water partition coefficient (Wildman–Crippen LogP) is 12.6. The van der Waals surface area contributed by atoms with Gasteiger partial charge in [-0.3, -0.25) is 0 Å². The molecule has 232 valence electrons. The van der Waals surface area contributed by atoms with E-state index in [2.05, 4.69) is 103 Å². The van der Waals surface area contributed by atoms with E-state index < -0.39 is 0 Å². The van der Waals surface area contributed by atoms with Gasteiger partial charge >= 0.3 is 0 Å². The minimum atomic E-state index is 0.632. The van der Waals surface area contributed by atoms with Crippen LogP contribution in [0.1, 0.15) is 0 Å². The molecule has 0 atom stereocenters. The maximum Gasteiger partial charge on any atom is 0.181 e. The molecule has 0 aliphatic heterocycles. The standard InChI is InChI=1S/C45H25N3OS/c1-3-11-26(12-4-1)28-21-24-37-34(25-28)41-43(49-37)42(48-45(47-41)27-13-5-2-6-14-27)36-19-10-18-35(46-36)33-23-22-32-30-16-8-7-15-29(30)31-17-9-20-38-39(31)40(32)44(33)50-38/h1-25H. The summed E-state index contributed by atoms with van der Waals surface area (Å²) in [5, 5.41) is 8.75. The summed E-state index contributed by atoms with van der Waals surface area (Å²) in [6.45, 7) is 0. The first-order chi connectivity index (χ1) is 24.8. The Balaban J connectivity index is 1.15. The first-order valence-electron chi connectivity index (χ1n) is 16.7. The normalized spacial score (nSPS) is 12.0. The maximum absolute atomic E-state index is 6.58. The Morgan fingerprint density at radius 2 is 1.16 bits per heavy atom. The van der Waals surface area contributed by atoms with Crippen molar-refractivity contribution in [3.8, 4) is 45.2 Å². The Labute approximate surface area is 290 Å².